The molecule has 2 atom stereocenters. The van der Waals surface area contributed by atoms with Crippen molar-refractivity contribution < 1.29 is 10.2 Å². The molecule has 0 aliphatic heterocycles. The zero-order valence-corrected chi connectivity index (χ0v) is 9.74. The predicted octanol–water partition coefficient (Wildman–Crippen LogP) is 2.25. The first kappa shape index (κ1) is 11.2. The number of hydrogen-bond donors (Lipinski definition) is 2. The predicted molar refractivity (Wildman–Crippen MR) is 60.5 cm³/mol. The van der Waals surface area contributed by atoms with Crippen LogP contribution in [0, 0.1) is 10.8 Å². The van der Waals surface area contributed by atoms with E-state index in [4.69, 9.17) is 0 Å². The molecule has 2 N–H and O–H groups in total. The summed E-state index contributed by atoms with van der Waals surface area (Å²) in [6.07, 6.45) is 8.14. The van der Waals surface area contributed by atoms with Crippen molar-refractivity contribution in [3.05, 3.63) is 12.2 Å². The maximum Gasteiger partial charge on any atom is 0.0570 e. The zero-order chi connectivity index (χ0) is 11.1. The summed E-state index contributed by atoms with van der Waals surface area (Å²) in [5.41, 5.74) is 0.308. The van der Waals surface area contributed by atoms with Gasteiger partial charge in [-0.15, -0.1) is 0 Å². The second-order valence-corrected chi connectivity index (χ2v) is 6.00. The molecule has 0 amide bonds. The van der Waals surface area contributed by atoms with Crippen LogP contribution in [0.15, 0.2) is 12.2 Å². The molecule has 0 bridgehead atoms. The third kappa shape index (κ3) is 1.85. The lowest BCUT2D eigenvalue weighted by atomic mass is 9.53. The van der Waals surface area contributed by atoms with Crippen molar-refractivity contribution in [1.29, 1.82) is 0 Å². The first-order chi connectivity index (χ1) is 6.95. The molecule has 15 heavy (non-hydrogen) atoms. The standard InChI is InChI=1S/C13H22O2/c1-12(2)5-3-4-6-13(12)8-10(14)7-11(15)9-13/h3-4,10-11,14-15H,5-9H2,1-2H3. The molecule has 0 aromatic heterocycles. The van der Waals surface area contributed by atoms with Gasteiger partial charge in [0.15, 0.2) is 0 Å². The summed E-state index contributed by atoms with van der Waals surface area (Å²) in [4.78, 5) is 0. The molecule has 2 rings (SSSR count). The molecule has 2 aliphatic rings. The maximum absolute atomic E-state index is 9.85. The highest BCUT2D eigenvalue weighted by atomic mass is 16.3. The van der Waals surface area contributed by atoms with Crippen LogP contribution >= 0.6 is 0 Å². The lowest BCUT2D eigenvalue weighted by Crippen LogP contribution is -2.48. The van der Waals surface area contributed by atoms with Gasteiger partial charge in [0.2, 0.25) is 0 Å². The fourth-order valence-corrected chi connectivity index (χ4v) is 3.37. The van der Waals surface area contributed by atoms with E-state index in [-0.39, 0.29) is 23.0 Å². The fourth-order valence-electron chi connectivity index (χ4n) is 3.37. The van der Waals surface area contributed by atoms with Gasteiger partial charge in [-0.1, -0.05) is 26.0 Å². The Morgan fingerprint density at radius 3 is 2.07 bits per heavy atom. The third-order valence-corrected chi connectivity index (χ3v) is 4.54. The van der Waals surface area contributed by atoms with E-state index in [0.29, 0.717) is 6.42 Å². The van der Waals surface area contributed by atoms with Gasteiger partial charge < -0.3 is 10.2 Å². The Balaban J connectivity index is 2.27. The highest BCUT2D eigenvalue weighted by molar-refractivity contribution is 5.09. The van der Waals surface area contributed by atoms with E-state index in [1.807, 2.05) is 0 Å². The molecule has 0 aromatic carbocycles. The molecule has 2 nitrogen and oxygen atoms in total. The number of aliphatic hydroxyl groups excluding tert-OH is 2. The minimum absolute atomic E-state index is 0.110. The van der Waals surface area contributed by atoms with Crippen LogP contribution < -0.4 is 0 Å². The topological polar surface area (TPSA) is 40.5 Å². The second-order valence-electron chi connectivity index (χ2n) is 6.00. The average Bonchev–Trinajstić information content (AvgIpc) is 2.09. The molecule has 2 heteroatoms. The van der Waals surface area contributed by atoms with Gasteiger partial charge in [0.1, 0.15) is 0 Å². The van der Waals surface area contributed by atoms with Crippen molar-refractivity contribution >= 4 is 0 Å². The first-order valence-corrected chi connectivity index (χ1v) is 5.96. The van der Waals surface area contributed by atoms with Gasteiger partial charge in [-0.3, -0.25) is 0 Å². The Labute approximate surface area is 92.0 Å². The minimum Gasteiger partial charge on any atom is -0.393 e. The van der Waals surface area contributed by atoms with E-state index in [1.54, 1.807) is 0 Å². The molecular formula is C13H22O2. The molecule has 0 radical (unpaired) electrons. The normalized spacial score (nSPS) is 44.5. The van der Waals surface area contributed by atoms with Crippen LogP contribution in [0.4, 0.5) is 0 Å². The van der Waals surface area contributed by atoms with Gasteiger partial charge in [0.05, 0.1) is 12.2 Å². The van der Waals surface area contributed by atoms with Gasteiger partial charge in [-0.25, -0.2) is 0 Å². The molecule has 1 saturated carbocycles. The summed E-state index contributed by atoms with van der Waals surface area (Å²) in [5.74, 6) is 0. The lowest BCUT2D eigenvalue weighted by Gasteiger charge is -2.53. The maximum atomic E-state index is 9.85. The van der Waals surface area contributed by atoms with Crippen LogP contribution in [0.1, 0.15) is 46.0 Å². The molecule has 2 aliphatic carbocycles. The van der Waals surface area contributed by atoms with E-state index in [9.17, 15) is 10.2 Å². The summed E-state index contributed by atoms with van der Waals surface area (Å²) in [5, 5.41) is 19.7. The molecule has 0 aromatic rings. The number of hydrogen-bond acceptors (Lipinski definition) is 2. The summed E-state index contributed by atoms with van der Waals surface area (Å²) in [6, 6.07) is 0. The number of aliphatic hydroxyl groups is 2. The largest absolute Gasteiger partial charge is 0.393 e. The van der Waals surface area contributed by atoms with Crippen molar-refractivity contribution in [3.63, 3.8) is 0 Å². The number of rotatable bonds is 0. The van der Waals surface area contributed by atoms with Crippen LogP contribution in [-0.4, -0.2) is 22.4 Å². The van der Waals surface area contributed by atoms with E-state index in [1.165, 1.54) is 0 Å². The smallest absolute Gasteiger partial charge is 0.0570 e. The summed E-state index contributed by atoms with van der Waals surface area (Å²) >= 11 is 0. The molecule has 86 valence electrons. The van der Waals surface area contributed by atoms with E-state index < -0.39 is 0 Å². The van der Waals surface area contributed by atoms with Crippen molar-refractivity contribution in [2.75, 3.05) is 0 Å². The average molecular weight is 210 g/mol. The lowest BCUT2D eigenvalue weighted by molar-refractivity contribution is -0.0847. The van der Waals surface area contributed by atoms with Crippen LogP contribution in [-0.2, 0) is 0 Å². The Morgan fingerprint density at radius 2 is 1.53 bits per heavy atom. The summed E-state index contributed by atoms with van der Waals surface area (Å²) < 4.78 is 0. The Bertz CT molecular complexity index is 258. The van der Waals surface area contributed by atoms with E-state index in [0.717, 1.165) is 25.7 Å². The molecule has 0 saturated heterocycles. The quantitative estimate of drug-likeness (QED) is 0.602. The van der Waals surface area contributed by atoms with Crippen molar-refractivity contribution in [2.24, 2.45) is 10.8 Å². The monoisotopic (exact) mass is 210 g/mol. The van der Waals surface area contributed by atoms with Gasteiger partial charge in [-0.2, -0.15) is 0 Å². The van der Waals surface area contributed by atoms with Gasteiger partial charge in [0.25, 0.3) is 0 Å². The highest BCUT2D eigenvalue weighted by Crippen LogP contribution is 2.55. The van der Waals surface area contributed by atoms with Crippen molar-refractivity contribution in [1.82, 2.24) is 0 Å². The van der Waals surface area contributed by atoms with Gasteiger partial charge in [-0.05, 0) is 42.9 Å². The molecule has 2 unspecified atom stereocenters. The minimum atomic E-state index is -0.320. The molecular weight excluding hydrogens is 188 g/mol. The summed E-state index contributed by atoms with van der Waals surface area (Å²) in [6.45, 7) is 4.53. The van der Waals surface area contributed by atoms with Crippen LogP contribution in [0.3, 0.4) is 0 Å². The van der Waals surface area contributed by atoms with Gasteiger partial charge >= 0.3 is 0 Å². The first-order valence-electron chi connectivity index (χ1n) is 5.96. The fraction of sp³-hybridized carbons (Fsp3) is 0.846. The molecule has 1 fully saturated rings. The van der Waals surface area contributed by atoms with Crippen LogP contribution in [0.2, 0.25) is 0 Å². The molecule has 0 heterocycles. The Hall–Kier alpha value is -0.340. The Kier molecular flexibility index (Phi) is 2.68. The van der Waals surface area contributed by atoms with Crippen LogP contribution in [0.25, 0.3) is 0 Å². The molecule has 1 spiro atoms. The number of allylic oxidation sites excluding steroid dienone is 2. The van der Waals surface area contributed by atoms with Crippen molar-refractivity contribution in [3.8, 4) is 0 Å². The third-order valence-electron chi connectivity index (χ3n) is 4.54. The van der Waals surface area contributed by atoms with Crippen LogP contribution in [0.5, 0.6) is 0 Å². The Morgan fingerprint density at radius 1 is 1.00 bits per heavy atom. The van der Waals surface area contributed by atoms with E-state index in [2.05, 4.69) is 26.0 Å². The second kappa shape index (κ2) is 3.60. The summed E-state index contributed by atoms with van der Waals surface area (Å²) in [7, 11) is 0. The van der Waals surface area contributed by atoms with Gasteiger partial charge in [0, 0.05) is 0 Å². The SMILES string of the molecule is CC1(C)CC=CCC12CC(O)CC(O)C2. The van der Waals surface area contributed by atoms with Crippen molar-refractivity contribution in [2.45, 2.75) is 58.2 Å². The zero-order valence-electron chi connectivity index (χ0n) is 9.74. The van der Waals surface area contributed by atoms with E-state index >= 15 is 0 Å². The highest BCUT2D eigenvalue weighted by Gasteiger charge is 2.49.